The molecule has 1 amide bonds. The maximum Gasteiger partial charge on any atom is 0.234 e. The number of thioether (sulfide) groups is 1. The maximum atomic E-state index is 13.3. The van der Waals surface area contributed by atoms with Gasteiger partial charge in [-0.15, -0.1) is 10.2 Å². The number of benzene rings is 2. The van der Waals surface area contributed by atoms with Crippen LogP contribution in [0.4, 0.5) is 10.8 Å². The van der Waals surface area contributed by atoms with Crippen LogP contribution in [-0.4, -0.2) is 34.8 Å². The number of amides is 1. The SMILES string of the molecule is COc1cccc(NC(=O)CSc2nnc(N3C(N)=C(C#N)C(c4cccc(C)c4)C4=C3CCCC4=O)s2)c1. The van der Waals surface area contributed by atoms with Crippen LogP contribution < -0.4 is 20.7 Å². The van der Waals surface area contributed by atoms with Gasteiger partial charge in [0.1, 0.15) is 11.6 Å². The molecule has 0 bridgehead atoms. The van der Waals surface area contributed by atoms with Crippen LogP contribution in [0.3, 0.4) is 0 Å². The monoisotopic (exact) mass is 558 g/mol. The average molecular weight is 559 g/mol. The molecule has 5 rings (SSSR count). The first-order chi connectivity index (χ1) is 18.9. The van der Waals surface area contributed by atoms with E-state index in [-0.39, 0.29) is 23.3 Å². The number of ketones is 1. The Morgan fingerprint density at radius 3 is 2.85 bits per heavy atom. The molecule has 3 aromatic rings. The van der Waals surface area contributed by atoms with Gasteiger partial charge >= 0.3 is 0 Å². The van der Waals surface area contributed by atoms with Gasteiger partial charge in [-0.1, -0.05) is 59.0 Å². The Balaban J connectivity index is 1.40. The zero-order valence-electron chi connectivity index (χ0n) is 21.4. The van der Waals surface area contributed by atoms with Crippen LogP contribution >= 0.6 is 23.1 Å². The molecule has 0 fully saturated rings. The van der Waals surface area contributed by atoms with Crippen molar-refractivity contribution in [1.29, 1.82) is 5.26 Å². The van der Waals surface area contributed by atoms with Crippen LogP contribution in [0.2, 0.25) is 0 Å². The number of nitrogens with two attached hydrogens (primary N) is 1. The summed E-state index contributed by atoms with van der Waals surface area (Å²) in [6.07, 6.45) is 1.75. The maximum absolute atomic E-state index is 13.3. The zero-order valence-corrected chi connectivity index (χ0v) is 23.1. The van der Waals surface area contributed by atoms with Gasteiger partial charge in [-0.2, -0.15) is 5.26 Å². The summed E-state index contributed by atoms with van der Waals surface area (Å²) < 4.78 is 5.77. The molecule has 1 aromatic heterocycles. The highest BCUT2D eigenvalue weighted by molar-refractivity contribution is 8.01. The molecule has 0 saturated carbocycles. The average Bonchev–Trinajstić information content (AvgIpc) is 3.40. The van der Waals surface area contributed by atoms with E-state index in [1.165, 1.54) is 23.1 Å². The van der Waals surface area contributed by atoms with Gasteiger partial charge < -0.3 is 15.8 Å². The van der Waals surface area contributed by atoms with E-state index >= 15 is 0 Å². The highest BCUT2D eigenvalue weighted by Crippen LogP contribution is 2.47. The zero-order chi connectivity index (χ0) is 27.5. The van der Waals surface area contributed by atoms with Crippen molar-refractivity contribution in [2.75, 3.05) is 23.1 Å². The summed E-state index contributed by atoms with van der Waals surface area (Å²) in [5.41, 5.74) is 10.8. The van der Waals surface area contributed by atoms with E-state index in [9.17, 15) is 14.9 Å². The molecule has 3 N–H and O–H groups in total. The van der Waals surface area contributed by atoms with Crippen molar-refractivity contribution < 1.29 is 14.3 Å². The smallest absolute Gasteiger partial charge is 0.234 e. The number of carbonyl (C=O) groups excluding carboxylic acids is 2. The number of allylic oxidation sites excluding steroid dienone is 3. The number of Topliss-reactive ketones (excluding diaryl/α,β-unsaturated/α-hetero) is 1. The van der Waals surface area contributed by atoms with Crippen LogP contribution in [-0.2, 0) is 9.59 Å². The minimum absolute atomic E-state index is 0.0151. The first kappa shape index (κ1) is 26.5. The quantitative estimate of drug-likeness (QED) is 0.389. The van der Waals surface area contributed by atoms with Gasteiger partial charge in [0.25, 0.3) is 0 Å². The molecule has 0 spiro atoms. The van der Waals surface area contributed by atoms with Gasteiger partial charge in [0, 0.05) is 29.4 Å². The number of anilines is 2. The summed E-state index contributed by atoms with van der Waals surface area (Å²) in [5, 5.41) is 22.0. The Kier molecular flexibility index (Phi) is 7.67. The van der Waals surface area contributed by atoms with Crippen molar-refractivity contribution >= 4 is 45.6 Å². The number of carbonyl (C=O) groups is 2. The fraction of sp³-hybridized carbons (Fsp3) is 0.250. The molecule has 0 radical (unpaired) electrons. The first-order valence-electron chi connectivity index (χ1n) is 12.3. The molecule has 1 unspecified atom stereocenters. The van der Waals surface area contributed by atoms with E-state index in [0.717, 1.165) is 16.8 Å². The summed E-state index contributed by atoms with van der Waals surface area (Å²) in [4.78, 5) is 27.5. The van der Waals surface area contributed by atoms with Crippen LogP contribution in [0.1, 0.15) is 36.3 Å². The second kappa shape index (κ2) is 11.3. The Labute approximate surface area is 234 Å². The second-order valence-electron chi connectivity index (χ2n) is 9.15. The molecule has 9 nitrogen and oxygen atoms in total. The number of methoxy groups -OCH3 is 1. The van der Waals surface area contributed by atoms with Gasteiger partial charge in [0.05, 0.1) is 30.4 Å². The number of aryl methyl sites for hydroxylation is 1. The van der Waals surface area contributed by atoms with Gasteiger partial charge in [-0.3, -0.25) is 14.5 Å². The Hall–Kier alpha value is -4.14. The summed E-state index contributed by atoms with van der Waals surface area (Å²) in [7, 11) is 1.57. The largest absolute Gasteiger partial charge is 0.497 e. The molecule has 1 atom stereocenters. The van der Waals surface area contributed by atoms with E-state index < -0.39 is 5.92 Å². The minimum atomic E-state index is -0.518. The number of ether oxygens (including phenoxy) is 1. The predicted molar refractivity (Wildman–Crippen MR) is 151 cm³/mol. The van der Waals surface area contributed by atoms with Crippen LogP contribution in [0.5, 0.6) is 5.75 Å². The predicted octanol–water partition coefficient (Wildman–Crippen LogP) is 4.89. The number of nitriles is 1. The second-order valence-corrected chi connectivity index (χ2v) is 11.3. The summed E-state index contributed by atoms with van der Waals surface area (Å²) in [6.45, 7) is 1.98. The highest BCUT2D eigenvalue weighted by Gasteiger charge is 2.41. The van der Waals surface area contributed by atoms with E-state index in [1.807, 2.05) is 31.2 Å². The molecule has 39 heavy (non-hydrogen) atoms. The van der Waals surface area contributed by atoms with Gasteiger partial charge in [0.15, 0.2) is 10.1 Å². The van der Waals surface area contributed by atoms with Gasteiger partial charge in [-0.25, -0.2) is 0 Å². The molecule has 2 aliphatic rings. The van der Waals surface area contributed by atoms with Crippen molar-refractivity contribution in [3.63, 3.8) is 0 Å². The van der Waals surface area contributed by atoms with E-state index in [1.54, 1.807) is 36.3 Å². The van der Waals surface area contributed by atoms with Crippen LogP contribution in [0, 0.1) is 18.3 Å². The number of hydrogen-bond acceptors (Lipinski definition) is 10. The molecule has 2 aromatic carbocycles. The summed E-state index contributed by atoms with van der Waals surface area (Å²) in [5.74, 6) is 0.330. The normalized spacial score (nSPS) is 17.1. The molecule has 2 heterocycles. The van der Waals surface area contributed by atoms with Crippen LogP contribution in [0.15, 0.2) is 75.5 Å². The molecule has 1 aliphatic heterocycles. The third-order valence-corrected chi connectivity index (χ3v) is 8.60. The van der Waals surface area contributed by atoms with E-state index in [4.69, 9.17) is 10.5 Å². The molecule has 198 valence electrons. The number of rotatable bonds is 7. The number of hydrogen-bond donors (Lipinski definition) is 2. The topological polar surface area (TPSA) is 134 Å². The van der Waals surface area contributed by atoms with Crippen molar-refractivity contribution in [2.24, 2.45) is 5.73 Å². The number of nitrogens with zero attached hydrogens (tertiary/aromatic N) is 4. The Bertz CT molecular complexity index is 1550. The van der Waals surface area contributed by atoms with Gasteiger partial charge in [0.2, 0.25) is 11.0 Å². The summed E-state index contributed by atoms with van der Waals surface area (Å²) >= 11 is 2.51. The standard InChI is InChI=1S/C28H26N6O3S2/c1-16-6-3-7-17(12-16)24-20(14-29)26(30)34(21-10-5-11-22(35)25(21)24)27-32-33-28(39-27)38-15-23(36)31-18-8-4-9-19(13-18)37-2/h3-4,6-9,12-13,24H,5,10-11,15,30H2,1-2H3,(H,31,36). The fourth-order valence-electron chi connectivity index (χ4n) is 4.86. The van der Waals surface area contributed by atoms with Crippen LogP contribution in [0.25, 0.3) is 0 Å². The van der Waals surface area contributed by atoms with Crippen molar-refractivity contribution in [3.05, 3.63) is 82.3 Å². The first-order valence-corrected chi connectivity index (χ1v) is 14.1. The minimum Gasteiger partial charge on any atom is -0.497 e. The van der Waals surface area contributed by atoms with E-state index in [0.29, 0.717) is 51.3 Å². The number of aromatic nitrogens is 2. The molecule has 1 aliphatic carbocycles. The molecular weight excluding hydrogens is 532 g/mol. The Morgan fingerprint density at radius 1 is 1.26 bits per heavy atom. The van der Waals surface area contributed by atoms with Gasteiger partial charge in [-0.05, 0) is 37.5 Å². The van der Waals surface area contributed by atoms with Crippen molar-refractivity contribution in [2.45, 2.75) is 36.4 Å². The molecular formula is C28H26N6O3S2. The lowest BCUT2D eigenvalue weighted by Gasteiger charge is -2.38. The molecule has 0 saturated heterocycles. The van der Waals surface area contributed by atoms with E-state index in [2.05, 4.69) is 21.6 Å². The number of nitrogens with one attached hydrogen (secondary N) is 1. The highest BCUT2D eigenvalue weighted by atomic mass is 32.2. The molecule has 11 heteroatoms. The third-order valence-electron chi connectivity index (χ3n) is 6.56. The summed E-state index contributed by atoms with van der Waals surface area (Å²) in [6, 6.07) is 17.2. The lowest BCUT2D eigenvalue weighted by atomic mass is 9.75. The fourth-order valence-corrected chi connectivity index (χ4v) is 6.55. The van der Waals surface area contributed by atoms with Crippen molar-refractivity contribution in [3.8, 4) is 11.8 Å². The van der Waals surface area contributed by atoms with Crippen molar-refractivity contribution in [1.82, 2.24) is 10.2 Å². The lowest BCUT2D eigenvalue weighted by molar-refractivity contribution is -0.116. The lowest BCUT2D eigenvalue weighted by Crippen LogP contribution is -2.38. The third kappa shape index (κ3) is 5.39. The Morgan fingerprint density at radius 2 is 2.08 bits per heavy atom.